The second kappa shape index (κ2) is 9.99. The first-order valence-corrected chi connectivity index (χ1v) is 11.6. The zero-order chi connectivity index (χ0) is 24.3. The van der Waals surface area contributed by atoms with E-state index in [1.54, 1.807) is 18.3 Å². The van der Waals surface area contributed by atoms with Crippen LogP contribution in [-0.2, 0) is 6.18 Å². The molecule has 1 saturated carbocycles. The zero-order valence-corrected chi connectivity index (χ0v) is 19.2. The highest BCUT2D eigenvalue weighted by Crippen LogP contribution is 2.41. The number of carbonyl (C=O) groups excluding carboxylic acids is 1. The second-order valence-electron chi connectivity index (χ2n) is 8.82. The van der Waals surface area contributed by atoms with E-state index in [1.165, 1.54) is 25.4 Å². The minimum atomic E-state index is -4.38. The van der Waals surface area contributed by atoms with Crippen molar-refractivity contribution in [1.82, 2.24) is 15.3 Å². The molecule has 1 atom stereocenters. The molecule has 1 aliphatic carbocycles. The molecule has 1 amide bonds. The molecule has 0 spiro atoms. The van der Waals surface area contributed by atoms with Gasteiger partial charge in [-0.1, -0.05) is 6.92 Å². The quantitative estimate of drug-likeness (QED) is 0.469. The largest absolute Gasteiger partial charge is 0.481 e. The van der Waals surface area contributed by atoms with Crippen LogP contribution in [0.4, 0.5) is 13.2 Å². The third-order valence-corrected chi connectivity index (χ3v) is 6.85. The summed E-state index contributed by atoms with van der Waals surface area (Å²) in [5.74, 6) is 0.774. The van der Waals surface area contributed by atoms with Gasteiger partial charge in [0.2, 0.25) is 5.88 Å². The highest BCUT2D eigenvalue weighted by molar-refractivity contribution is 5.94. The molecule has 180 valence electrons. The molecular weight excluding hydrogens is 443 g/mol. The van der Waals surface area contributed by atoms with E-state index in [-0.39, 0.29) is 17.9 Å². The first kappa shape index (κ1) is 24.0. The van der Waals surface area contributed by atoms with Crippen LogP contribution in [0.1, 0.15) is 66.4 Å². The Hall–Kier alpha value is -3.16. The summed E-state index contributed by atoms with van der Waals surface area (Å²) < 4.78 is 44.8. The Labute approximate surface area is 196 Å². The molecule has 1 unspecified atom stereocenters. The molecular formula is C26H28F3N3O2. The number of nitrogens with zero attached hydrogens (tertiary/aromatic N) is 2. The van der Waals surface area contributed by atoms with Crippen molar-refractivity contribution in [3.8, 4) is 5.88 Å². The Morgan fingerprint density at radius 1 is 1.12 bits per heavy atom. The Morgan fingerprint density at radius 2 is 1.88 bits per heavy atom. The molecule has 1 aromatic carbocycles. The van der Waals surface area contributed by atoms with E-state index in [2.05, 4.69) is 22.2 Å². The Kier molecular flexibility index (Phi) is 7.05. The number of hydrogen-bond acceptors (Lipinski definition) is 4. The third-order valence-electron chi connectivity index (χ3n) is 6.85. The zero-order valence-electron chi connectivity index (χ0n) is 19.2. The van der Waals surface area contributed by atoms with Crippen LogP contribution in [0.5, 0.6) is 5.88 Å². The van der Waals surface area contributed by atoms with E-state index in [4.69, 9.17) is 4.74 Å². The first-order valence-electron chi connectivity index (χ1n) is 11.6. The van der Waals surface area contributed by atoms with Gasteiger partial charge >= 0.3 is 6.18 Å². The lowest BCUT2D eigenvalue weighted by Crippen LogP contribution is -2.41. The Balaban J connectivity index is 1.44. The van der Waals surface area contributed by atoms with Gasteiger partial charge in [0, 0.05) is 29.9 Å². The number of carbonyl (C=O) groups is 1. The van der Waals surface area contributed by atoms with Gasteiger partial charge in [0.1, 0.15) is 0 Å². The lowest BCUT2D eigenvalue weighted by molar-refractivity contribution is -0.137. The maximum Gasteiger partial charge on any atom is 0.416 e. The summed E-state index contributed by atoms with van der Waals surface area (Å²) in [7, 11) is 1.52. The average Bonchev–Trinajstić information content (AvgIpc) is 2.86. The molecule has 4 rings (SSSR count). The number of pyridine rings is 2. The van der Waals surface area contributed by atoms with E-state index < -0.39 is 11.7 Å². The highest BCUT2D eigenvalue weighted by Gasteiger charge is 2.32. The summed E-state index contributed by atoms with van der Waals surface area (Å²) in [5.41, 5.74) is 1.34. The van der Waals surface area contributed by atoms with Crippen molar-refractivity contribution in [3.63, 3.8) is 0 Å². The molecule has 0 aliphatic heterocycles. The summed E-state index contributed by atoms with van der Waals surface area (Å²) in [6, 6.07) is 8.98. The fourth-order valence-corrected chi connectivity index (χ4v) is 4.97. The molecule has 5 nitrogen and oxygen atoms in total. The van der Waals surface area contributed by atoms with Crippen molar-refractivity contribution in [1.29, 1.82) is 0 Å². The lowest BCUT2D eigenvalue weighted by Gasteiger charge is -2.34. The maximum absolute atomic E-state index is 13.3. The van der Waals surface area contributed by atoms with Gasteiger partial charge in [0.25, 0.3) is 5.91 Å². The SMILES string of the molecule is CCC(NC(=O)c1ccc(OC)nc1)[C@H]1CC[C@H](c2ccnc3ccc(C(F)(F)F)cc32)CC1. The van der Waals surface area contributed by atoms with Crippen molar-refractivity contribution in [2.75, 3.05) is 7.11 Å². The van der Waals surface area contributed by atoms with Crippen LogP contribution in [0, 0.1) is 5.92 Å². The molecule has 0 saturated heterocycles. The Bertz CT molecular complexity index is 1140. The van der Waals surface area contributed by atoms with Crippen LogP contribution in [0.15, 0.2) is 48.8 Å². The molecule has 0 bridgehead atoms. The van der Waals surface area contributed by atoms with E-state index in [0.29, 0.717) is 28.3 Å². The van der Waals surface area contributed by atoms with E-state index in [9.17, 15) is 18.0 Å². The number of nitrogens with one attached hydrogen (secondary N) is 1. The smallest absolute Gasteiger partial charge is 0.416 e. The van der Waals surface area contributed by atoms with Gasteiger partial charge in [-0.15, -0.1) is 0 Å². The third kappa shape index (κ3) is 5.16. The van der Waals surface area contributed by atoms with Gasteiger partial charge in [-0.05, 0) is 79.8 Å². The summed E-state index contributed by atoms with van der Waals surface area (Å²) >= 11 is 0. The van der Waals surface area contributed by atoms with Gasteiger partial charge in [-0.2, -0.15) is 13.2 Å². The first-order chi connectivity index (χ1) is 16.3. The molecule has 8 heteroatoms. The summed E-state index contributed by atoms with van der Waals surface area (Å²) in [5, 5.41) is 3.72. The van der Waals surface area contributed by atoms with Crippen molar-refractivity contribution in [2.24, 2.45) is 5.92 Å². The fourth-order valence-electron chi connectivity index (χ4n) is 4.97. The van der Waals surface area contributed by atoms with Crippen LogP contribution in [0.25, 0.3) is 10.9 Å². The van der Waals surface area contributed by atoms with Gasteiger partial charge in [-0.25, -0.2) is 4.98 Å². The predicted octanol–water partition coefficient (Wildman–Crippen LogP) is 6.14. The minimum Gasteiger partial charge on any atom is -0.481 e. The normalized spacial score (nSPS) is 19.6. The molecule has 2 aromatic heterocycles. The van der Waals surface area contributed by atoms with Gasteiger partial charge in [0.15, 0.2) is 0 Å². The van der Waals surface area contributed by atoms with Gasteiger partial charge in [0.05, 0.1) is 23.8 Å². The average molecular weight is 472 g/mol. The number of amides is 1. The number of rotatable bonds is 6. The van der Waals surface area contributed by atoms with E-state index >= 15 is 0 Å². The number of halogens is 3. The molecule has 1 fully saturated rings. The molecule has 34 heavy (non-hydrogen) atoms. The summed E-state index contributed by atoms with van der Waals surface area (Å²) in [6.07, 6.45) is 3.10. The van der Waals surface area contributed by atoms with E-state index in [0.717, 1.165) is 43.7 Å². The topological polar surface area (TPSA) is 64.1 Å². The minimum absolute atomic E-state index is 0.0292. The van der Waals surface area contributed by atoms with Crippen LogP contribution < -0.4 is 10.1 Å². The van der Waals surface area contributed by atoms with Gasteiger partial charge in [-0.3, -0.25) is 9.78 Å². The summed E-state index contributed by atoms with van der Waals surface area (Å²) in [4.78, 5) is 21.1. The van der Waals surface area contributed by atoms with E-state index in [1.807, 2.05) is 6.07 Å². The number of ether oxygens (including phenoxy) is 1. The maximum atomic E-state index is 13.3. The molecule has 1 aliphatic rings. The molecule has 2 heterocycles. The Morgan fingerprint density at radius 3 is 2.50 bits per heavy atom. The molecule has 3 aromatic rings. The standard InChI is InChI=1S/C26H28F3N3O2/c1-3-22(32-25(33)18-8-11-24(34-2)31-15-18)17-6-4-16(5-7-17)20-12-13-30-23-10-9-19(14-21(20)23)26(27,28)29/h8-17,22H,3-7H2,1-2H3,(H,32,33)/t16-,17-,22?. The second-order valence-corrected chi connectivity index (χ2v) is 8.82. The number of hydrogen-bond donors (Lipinski definition) is 1. The van der Waals surface area contributed by atoms with Crippen molar-refractivity contribution < 1.29 is 22.7 Å². The molecule has 0 radical (unpaired) electrons. The summed E-state index contributed by atoms with van der Waals surface area (Å²) in [6.45, 7) is 2.05. The van der Waals surface area contributed by atoms with Crippen LogP contribution in [0.3, 0.4) is 0 Å². The van der Waals surface area contributed by atoms with Crippen LogP contribution in [-0.4, -0.2) is 29.0 Å². The highest BCUT2D eigenvalue weighted by atomic mass is 19.4. The number of alkyl halides is 3. The number of methoxy groups -OCH3 is 1. The van der Waals surface area contributed by atoms with Crippen LogP contribution in [0.2, 0.25) is 0 Å². The number of fused-ring (bicyclic) bond motifs is 1. The van der Waals surface area contributed by atoms with Gasteiger partial charge < -0.3 is 10.1 Å². The lowest BCUT2D eigenvalue weighted by atomic mass is 9.75. The van der Waals surface area contributed by atoms with Crippen molar-refractivity contribution >= 4 is 16.8 Å². The fraction of sp³-hybridized carbons (Fsp3) is 0.423. The number of benzene rings is 1. The molecule has 1 N–H and O–H groups in total. The van der Waals surface area contributed by atoms with Crippen molar-refractivity contribution in [2.45, 2.75) is 57.2 Å². The monoisotopic (exact) mass is 471 g/mol. The van der Waals surface area contributed by atoms with Crippen molar-refractivity contribution in [3.05, 3.63) is 65.5 Å². The number of aromatic nitrogens is 2. The van der Waals surface area contributed by atoms with Crippen LogP contribution >= 0.6 is 0 Å². The predicted molar refractivity (Wildman–Crippen MR) is 124 cm³/mol.